The summed E-state index contributed by atoms with van der Waals surface area (Å²) < 4.78 is 34.9. The number of alkyl halides is 1. The van der Waals surface area contributed by atoms with Crippen molar-refractivity contribution < 1.29 is 18.3 Å². The summed E-state index contributed by atoms with van der Waals surface area (Å²) in [5.41, 5.74) is 4.69. The molecule has 0 spiro atoms. The Bertz CT molecular complexity index is 1530. The maximum atomic E-state index is 14.5. The molecule has 1 amide bonds. The van der Waals surface area contributed by atoms with E-state index in [1.165, 1.54) is 27.5 Å². The van der Waals surface area contributed by atoms with Crippen LogP contribution in [0.4, 0.5) is 20.3 Å². The zero-order valence-electron chi connectivity index (χ0n) is 25.6. The summed E-state index contributed by atoms with van der Waals surface area (Å²) in [5.74, 6) is 0.682. The number of halogens is 2. The van der Waals surface area contributed by atoms with Crippen molar-refractivity contribution in [3.05, 3.63) is 53.4 Å². The Morgan fingerprint density at radius 1 is 1.16 bits per heavy atom. The normalized spacial score (nSPS) is 26.2. The first-order chi connectivity index (χ1) is 21.8. The van der Waals surface area contributed by atoms with E-state index in [4.69, 9.17) is 9.72 Å². The molecule has 7 rings (SSSR count). The van der Waals surface area contributed by atoms with E-state index in [1.807, 2.05) is 11.8 Å². The zero-order chi connectivity index (χ0) is 31.1. The standard InChI is InChI=1S/C34H40F2N6O2S/c1-23(35)33(43)42-15-14-40(21-27(42)8-11-37)32-28-9-13-39(29-7-2-5-24-6-3-16-45-31(24)29)19-25(28)17-30(38-32)44-22-34-10-4-12-41(34)20-26(36)18-34/h2,5,7,17,26-27H,1,3-4,6,8-10,12-16,18-22H2/t26-,27+,34?/m1/s1. The van der Waals surface area contributed by atoms with Gasteiger partial charge in [-0.15, -0.1) is 11.8 Å². The predicted molar refractivity (Wildman–Crippen MR) is 171 cm³/mol. The first-order valence-corrected chi connectivity index (χ1v) is 17.2. The van der Waals surface area contributed by atoms with Gasteiger partial charge in [0, 0.05) is 62.2 Å². The first kappa shape index (κ1) is 30.3. The molecule has 8 nitrogen and oxygen atoms in total. The number of fused-ring (bicyclic) bond motifs is 3. The molecule has 1 aromatic carbocycles. The number of anilines is 2. The highest BCUT2D eigenvalue weighted by Crippen LogP contribution is 2.43. The SMILES string of the molecule is C=C(F)C(=O)N1CCN(c2nc(OCC34CCCN3C[C@H](F)C4)cc3c2CCN(c2cccc4c2SCCC4)C3)C[C@@H]1CC#N. The molecular weight excluding hydrogens is 594 g/mol. The Morgan fingerprint density at radius 2 is 2.04 bits per heavy atom. The lowest BCUT2D eigenvalue weighted by Gasteiger charge is -2.42. The van der Waals surface area contributed by atoms with E-state index in [-0.39, 0.29) is 18.5 Å². The molecule has 0 radical (unpaired) electrons. The number of nitrogens with zero attached hydrogens (tertiary/aromatic N) is 6. The van der Waals surface area contributed by atoms with Crippen LogP contribution in [0.1, 0.15) is 48.8 Å². The number of ether oxygens (including phenoxy) is 1. The molecule has 1 unspecified atom stereocenters. The highest BCUT2D eigenvalue weighted by Gasteiger charge is 2.49. The van der Waals surface area contributed by atoms with Gasteiger partial charge in [-0.05, 0) is 61.6 Å². The number of pyridine rings is 1. The summed E-state index contributed by atoms with van der Waals surface area (Å²) in [6.07, 6.45) is 4.80. The number of hydrogen-bond donors (Lipinski definition) is 0. The van der Waals surface area contributed by atoms with E-state index >= 15 is 0 Å². The van der Waals surface area contributed by atoms with Gasteiger partial charge in [0.05, 0.1) is 29.8 Å². The molecule has 1 aromatic heterocycles. The second-order valence-corrected chi connectivity index (χ2v) is 14.1. The fourth-order valence-electron chi connectivity index (χ4n) is 8.10. The van der Waals surface area contributed by atoms with Gasteiger partial charge >= 0.3 is 0 Å². The molecule has 5 aliphatic rings. The van der Waals surface area contributed by atoms with E-state index in [2.05, 4.69) is 51.6 Å². The quantitative estimate of drug-likeness (QED) is 0.392. The molecule has 3 fully saturated rings. The Balaban J connectivity index is 1.21. The van der Waals surface area contributed by atoms with Crippen molar-refractivity contribution in [2.45, 2.75) is 74.1 Å². The van der Waals surface area contributed by atoms with Crippen molar-refractivity contribution in [1.82, 2.24) is 14.8 Å². The fraction of sp³-hybridized carbons (Fsp3) is 0.559. The number of piperazine rings is 1. The number of aryl methyl sites for hydroxylation is 1. The molecule has 238 valence electrons. The summed E-state index contributed by atoms with van der Waals surface area (Å²) in [6.45, 7) is 7.60. The van der Waals surface area contributed by atoms with Gasteiger partial charge in [-0.1, -0.05) is 18.7 Å². The van der Waals surface area contributed by atoms with Gasteiger partial charge < -0.3 is 19.4 Å². The lowest BCUT2D eigenvalue weighted by Crippen LogP contribution is -2.55. The van der Waals surface area contributed by atoms with Crippen LogP contribution < -0.4 is 14.5 Å². The summed E-state index contributed by atoms with van der Waals surface area (Å²) in [6, 6.07) is 10.4. The van der Waals surface area contributed by atoms with Crippen molar-refractivity contribution in [2.24, 2.45) is 0 Å². The van der Waals surface area contributed by atoms with Crippen LogP contribution in [0.5, 0.6) is 5.88 Å². The maximum Gasteiger partial charge on any atom is 0.282 e. The largest absolute Gasteiger partial charge is 0.476 e. The molecule has 3 saturated heterocycles. The average molecular weight is 635 g/mol. The molecule has 3 atom stereocenters. The summed E-state index contributed by atoms with van der Waals surface area (Å²) in [4.78, 5) is 27.3. The Labute approximate surface area is 268 Å². The predicted octanol–water partition coefficient (Wildman–Crippen LogP) is 5.05. The number of rotatable bonds is 7. The number of carbonyl (C=O) groups is 1. The lowest BCUT2D eigenvalue weighted by molar-refractivity contribution is -0.131. The van der Waals surface area contributed by atoms with Gasteiger partial charge in [0.25, 0.3) is 5.91 Å². The van der Waals surface area contributed by atoms with Crippen LogP contribution in [-0.4, -0.2) is 90.1 Å². The summed E-state index contributed by atoms with van der Waals surface area (Å²) in [5, 5.41) is 9.54. The molecule has 2 aromatic rings. The summed E-state index contributed by atoms with van der Waals surface area (Å²) in [7, 11) is 0. The number of benzene rings is 1. The Morgan fingerprint density at radius 3 is 2.89 bits per heavy atom. The molecule has 0 saturated carbocycles. The van der Waals surface area contributed by atoms with E-state index in [1.54, 1.807) is 0 Å². The highest BCUT2D eigenvalue weighted by atomic mass is 32.2. The molecule has 0 N–H and O–H groups in total. The molecule has 6 heterocycles. The van der Waals surface area contributed by atoms with E-state index in [0.717, 1.165) is 61.5 Å². The molecular formula is C34H40F2N6O2S. The number of carbonyl (C=O) groups excluding carboxylic acids is 1. The number of hydrogen-bond acceptors (Lipinski definition) is 8. The van der Waals surface area contributed by atoms with Gasteiger partial charge in [0.15, 0.2) is 5.83 Å². The van der Waals surface area contributed by atoms with Crippen LogP contribution in [0.3, 0.4) is 0 Å². The molecule has 0 aliphatic carbocycles. The van der Waals surface area contributed by atoms with Gasteiger partial charge in [0.1, 0.15) is 18.6 Å². The van der Waals surface area contributed by atoms with Gasteiger partial charge in [-0.25, -0.2) is 8.78 Å². The number of thioether (sulfide) groups is 1. The Hall–Kier alpha value is -3.36. The molecule has 45 heavy (non-hydrogen) atoms. The molecule has 5 aliphatic heterocycles. The van der Waals surface area contributed by atoms with Gasteiger partial charge in [-0.2, -0.15) is 10.2 Å². The maximum absolute atomic E-state index is 14.5. The lowest BCUT2D eigenvalue weighted by atomic mass is 9.95. The minimum Gasteiger partial charge on any atom is -0.476 e. The minimum atomic E-state index is -1.01. The average Bonchev–Trinajstić information content (AvgIpc) is 3.58. The van der Waals surface area contributed by atoms with E-state index in [0.29, 0.717) is 45.1 Å². The van der Waals surface area contributed by atoms with E-state index in [9.17, 15) is 18.8 Å². The van der Waals surface area contributed by atoms with Crippen molar-refractivity contribution >= 4 is 29.2 Å². The summed E-state index contributed by atoms with van der Waals surface area (Å²) >= 11 is 1.95. The zero-order valence-corrected chi connectivity index (χ0v) is 26.5. The highest BCUT2D eigenvalue weighted by molar-refractivity contribution is 7.99. The third-order valence-corrected chi connectivity index (χ3v) is 11.5. The Kier molecular flexibility index (Phi) is 8.38. The van der Waals surface area contributed by atoms with Crippen molar-refractivity contribution in [3.8, 4) is 11.9 Å². The van der Waals surface area contributed by atoms with Crippen LogP contribution in [0, 0.1) is 11.3 Å². The first-order valence-electron chi connectivity index (χ1n) is 16.2. The third kappa shape index (κ3) is 5.76. The topological polar surface area (TPSA) is 75.9 Å². The van der Waals surface area contributed by atoms with Gasteiger partial charge in [-0.3, -0.25) is 9.69 Å². The van der Waals surface area contributed by atoms with Crippen molar-refractivity contribution in [3.63, 3.8) is 0 Å². The van der Waals surface area contributed by atoms with Crippen LogP contribution in [0.25, 0.3) is 0 Å². The smallest absolute Gasteiger partial charge is 0.282 e. The second kappa shape index (κ2) is 12.4. The molecule has 11 heteroatoms. The van der Waals surface area contributed by atoms with Crippen LogP contribution in [0.2, 0.25) is 0 Å². The molecule has 0 bridgehead atoms. The van der Waals surface area contributed by atoms with Crippen LogP contribution in [0.15, 0.2) is 41.6 Å². The van der Waals surface area contributed by atoms with Gasteiger partial charge in [0.2, 0.25) is 5.88 Å². The third-order valence-electron chi connectivity index (χ3n) is 10.3. The minimum absolute atomic E-state index is 0.0845. The second-order valence-electron chi connectivity index (χ2n) is 13.0. The number of aromatic nitrogens is 1. The van der Waals surface area contributed by atoms with Crippen molar-refractivity contribution in [2.75, 3.05) is 61.4 Å². The van der Waals surface area contributed by atoms with E-state index < -0.39 is 23.9 Å². The monoisotopic (exact) mass is 634 g/mol. The van der Waals surface area contributed by atoms with Crippen LogP contribution >= 0.6 is 11.8 Å². The fourth-order valence-corrected chi connectivity index (χ4v) is 9.29. The number of amides is 1. The number of nitriles is 1. The van der Waals surface area contributed by atoms with Crippen LogP contribution in [-0.2, 0) is 24.2 Å². The van der Waals surface area contributed by atoms with Crippen molar-refractivity contribution in [1.29, 1.82) is 5.26 Å².